The van der Waals surface area contributed by atoms with Gasteiger partial charge in [0.2, 0.25) is 0 Å². The van der Waals surface area contributed by atoms with Crippen LogP contribution in [-0.4, -0.2) is 36.4 Å². The zero-order chi connectivity index (χ0) is 28.1. The van der Waals surface area contributed by atoms with Crippen molar-refractivity contribution in [1.82, 2.24) is 9.78 Å². The second-order valence-electron chi connectivity index (χ2n) is 8.33. The maximum Gasteiger partial charge on any atom is 0.295 e. The molecule has 11 nitrogen and oxygen atoms in total. The third-order valence-electron chi connectivity index (χ3n) is 5.72. The van der Waals surface area contributed by atoms with Gasteiger partial charge in [-0.1, -0.05) is 24.3 Å². The third kappa shape index (κ3) is 5.85. The molecule has 40 heavy (non-hydrogen) atoms. The Morgan fingerprint density at radius 2 is 1.82 bits per heavy atom. The molecule has 2 aromatic heterocycles. The first-order valence-corrected chi connectivity index (χ1v) is 14.1. The molecule has 202 valence electrons. The van der Waals surface area contributed by atoms with Gasteiger partial charge < -0.3 is 4.74 Å². The quantitative estimate of drug-likeness (QED) is 0.123. The van der Waals surface area contributed by atoms with Crippen molar-refractivity contribution in [3.63, 3.8) is 0 Å². The Bertz CT molecular complexity index is 1770. The first kappa shape index (κ1) is 26.6. The number of anilines is 2. The number of benzene rings is 3. The van der Waals surface area contributed by atoms with Crippen molar-refractivity contribution in [2.45, 2.75) is 4.90 Å². The Morgan fingerprint density at radius 1 is 1.05 bits per heavy atom. The monoisotopic (exact) mass is 574 g/mol. The summed E-state index contributed by atoms with van der Waals surface area (Å²) in [5.74, 6) is 0.560. The normalized spacial score (nSPS) is 11.4. The van der Waals surface area contributed by atoms with E-state index in [0.29, 0.717) is 17.0 Å². The average molecular weight is 575 g/mol. The summed E-state index contributed by atoms with van der Waals surface area (Å²) >= 11 is 1.52. The van der Waals surface area contributed by atoms with Gasteiger partial charge in [0.1, 0.15) is 17.1 Å². The molecule has 2 N–H and O–H groups in total. The van der Waals surface area contributed by atoms with Crippen LogP contribution in [0.15, 0.2) is 107 Å². The van der Waals surface area contributed by atoms with Crippen molar-refractivity contribution in [3.05, 3.63) is 112 Å². The molecule has 3 aromatic carbocycles. The van der Waals surface area contributed by atoms with Crippen molar-refractivity contribution in [1.29, 1.82) is 0 Å². The summed E-state index contributed by atoms with van der Waals surface area (Å²) in [6.45, 7) is 0. The lowest BCUT2D eigenvalue weighted by Gasteiger charge is -2.10. The van der Waals surface area contributed by atoms with Crippen molar-refractivity contribution in [3.8, 4) is 22.0 Å². The van der Waals surface area contributed by atoms with Crippen LogP contribution in [0.4, 0.5) is 17.1 Å². The largest absolute Gasteiger partial charge is 0.497 e. The minimum Gasteiger partial charge on any atom is -0.497 e. The van der Waals surface area contributed by atoms with Crippen LogP contribution in [0.1, 0.15) is 5.56 Å². The molecule has 0 spiro atoms. The van der Waals surface area contributed by atoms with Crippen LogP contribution < -0.4 is 14.9 Å². The van der Waals surface area contributed by atoms with E-state index in [2.05, 4.69) is 15.2 Å². The van der Waals surface area contributed by atoms with Crippen LogP contribution >= 0.6 is 11.3 Å². The highest BCUT2D eigenvalue weighted by Crippen LogP contribution is 2.30. The zero-order valence-corrected chi connectivity index (χ0v) is 22.6. The first-order valence-electron chi connectivity index (χ1n) is 11.8. The highest BCUT2D eigenvalue weighted by molar-refractivity contribution is 7.92. The van der Waals surface area contributed by atoms with Gasteiger partial charge in [-0.05, 0) is 60.0 Å². The lowest BCUT2D eigenvalue weighted by atomic mass is 10.2. The van der Waals surface area contributed by atoms with Gasteiger partial charge in [0.15, 0.2) is 0 Å². The van der Waals surface area contributed by atoms with E-state index < -0.39 is 20.6 Å². The van der Waals surface area contributed by atoms with E-state index in [1.807, 2.05) is 54.0 Å². The topological polar surface area (TPSA) is 141 Å². The summed E-state index contributed by atoms with van der Waals surface area (Å²) in [5.41, 5.74) is 4.78. The maximum atomic E-state index is 12.9. The minimum absolute atomic E-state index is 0.0257. The Kier molecular flexibility index (Phi) is 7.57. The highest BCUT2D eigenvalue weighted by Gasteiger charge is 2.22. The Labute approximate surface area is 233 Å². The molecule has 5 aromatic rings. The maximum absolute atomic E-state index is 12.9. The number of ether oxygens (including phenoxy) is 1. The fourth-order valence-corrected chi connectivity index (χ4v) is 5.58. The van der Waals surface area contributed by atoms with E-state index in [1.165, 1.54) is 48.9 Å². The summed E-state index contributed by atoms with van der Waals surface area (Å²) in [6, 6.07) is 23.2. The number of para-hydroxylation sites is 1. The first-order chi connectivity index (χ1) is 19.3. The minimum atomic E-state index is -4.09. The molecular formula is C27H22N6O5S2. The van der Waals surface area contributed by atoms with Gasteiger partial charge in [-0.2, -0.15) is 10.2 Å². The van der Waals surface area contributed by atoms with Crippen molar-refractivity contribution in [2.24, 2.45) is 5.10 Å². The summed E-state index contributed by atoms with van der Waals surface area (Å²) in [6.07, 6.45) is 3.32. The number of hydrazone groups is 1. The Hall–Kier alpha value is -5.01. The van der Waals surface area contributed by atoms with Gasteiger partial charge >= 0.3 is 0 Å². The SMILES string of the molecule is COc1ccc(NS(=O)(=O)c2ccc(N/N=C/c3cn(-c4ccccc4)nc3-c3cccs3)c([N+](=O)[O-])c2)cc1. The summed E-state index contributed by atoms with van der Waals surface area (Å²) in [5, 5.41) is 22.6. The molecule has 0 unspecified atom stereocenters. The number of nitro groups is 1. The molecule has 0 aliphatic carbocycles. The lowest BCUT2D eigenvalue weighted by molar-refractivity contribution is -0.384. The number of sulfonamides is 1. The molecule has 0 atom stereocenters. The van der Waals surface area contributed by atoms with Gasteiger partial charge in [-0.3, -0.25) is 20.3 Å². The molecule has 0 bridgehead atoms. The molecule has 0 saturated heterocycles. The van der Waals surface area contributed by atoms with Gasteiger partial charge in [-0.15, -0.1) is 11.3 Å². The Balaban J connectivity index is 1.40. The van der Waals surface area contributed by atoms with Crippen LogP contribution in [0.3, 0.4) is 0 Å². The van der Waals surface area contributed by atoms with E-state index in [4.69, 9.17) is 9.84 Å². The van der Waals surface area contributed by atoms with E-state index >= 15 is 0 Å². The van der Waals surface area contributed by atoms with E-state index in [-0.39, 0.29) is 16.3 Å². The number of rotatable bonds is 10. The second-order valence-corrected chi connectivity index (χ2v) is 11.0. The number of methoxy groups -OCH3 is 1. The van der Waals surface area contributed by atoms with Crippen LogP contribution in [0.5, 0.6) is 5.75 Å². The van der Waals surface area contributed by atoms with Gasteiger partial charge in [-0.25, -0.2) is 13.1 Å². The molecule has 0 amide bonds. The average Bonchev–Trinajstić information content (AvgIpc) is 3.64. The van der Waals surface area contributed by atoms with Crippen LogP contribution in [0.25, 0.3) is 16.3 Å². The van der Waals surface area contributed by atoms with Crippen LogP contribution in [0, 0.1) is 10.1 Å². The molecule has 0 saturated carbocycles. The van der Waals surface area contributed by atoms with Crippen molar-refractivity contribution < 1.29 is 18.1 Å². The smallest absolute Gasteiger partial charge is 0.295 e. The summed E-state index contributed by atoms with van der Waals surface area (Å²) in [4.78, 5) is 11.8. The lowest BCUT2D eigenvalue weighted by Crippen LogP contribution is -2.13. The predicted octanol–water partition coefficient (Wildman–Crippen LogP) is 5.76. The van der Waals surface area contributed by atoms with Crippen LogP contribution in [0.2, 0.25) is 0 Å². The second kappa shape index (κ2) is 11.4. The number of hydrogen-bond donors (Lipinski definition) is 2. The predicted molar refractivity (Wildman–Crippen MR) is 155 cm³/mol. The molecule has 13 heteroatoms. The number of nitrogens with zero attached hydrogens (tertiary/aromatic N) is 4. The molecular weight excluding hydrogens is 552 g/mol. The summed E-state index contributed by atoms with van der Waals surface area (Å²) in [7, 11) is -2.60. The fourth-order valence-electron chi connectivity index (χ4n) is 3.77. The van der Waals surface area contributed by atoms with Crippen LogP contribution in [-0.2, 0) is 10.0 Å². The number of thiophene rings is 1. The number of aromatic nitrogens is 2. The molecule has 0 radical (unpaired) electrons. The summed E-state index contributed by atoms with van der Waals surface area (Å²) < 4.78 is 35.0. The van der Waals surface area contributed by atoms with Gasteiger partial charge in [0.05, 0.1) is 33.7 Å². The van der Waals surface area contributed by atoms with Gasteiger partial charge in [0, 0.05) is 23.5 Å². The number of hydrogen-bond acceptors (Lipinski definition) is 9. The molecule has 0 aliphatic heterocycles. The standard InChI is InChI=1S/C27H22N6O5S2/c1-38-22-11-9-20(10-12-22)31-40(36,37)23-13-14-24(25(16-23)33(34)35)29-28-17-19-18-32(21-6-3-2-4-7-21)30-27(19)26-8-5-15-39-26/h2-18,29,31H,1H3/b28-17+. The van der Waals surface area contributed by atoms with Crippen molar-refractivity contribution >= 4 is 44.6 Å². The van der Waals surface area contributed by atoms with E-state index in [1.54, 1.807) is 16.8 Å². The molecule has 0 fully saturated rings. The number of nitrogens with one attached hydrogen (secondary N) is 2. The zero-order valence-electron chi connectivity index (χ0n) is 21.0. The molecule has 0 aliphatic rings. The highest BCUT2D eigenvalue weighted by atomic mass is 32.2. The van der Waals surface area contributed by atoms with E-state index in [0.717, 1.165) is 16.6 Å². The Morgan fingerprint density at radius 3 is 2.50 bits per heavy atom. The van der Waals surface area contributed by atoms with Crippen molar-refractivity contribution in [2.75, 3.05) is 17.3 Å². The van der Waals surface area contributed by atoms with E-state index in [9.17, 15) is 18.5 Å². The number of nitro benzene ring substituents is 1. The van der Waals surface area contributed by atoms with Gasteiger partial charge in [0.25, 0.3) is 15.7 Å². The fraction of sp³-hybridized carbons (Fsp3) is 0.0370. The molecule has 2 heterocycles. The third-order valence-corrected chi connectivity index (χ3v) is 7.98. The molecule has 5 rings (SSSR count).